The standard InChI is InChI=1S/C14H18N2O4/c1-10-3-4-11-12(7-10)20-14(19)9-16(11)8-13(18)15-5-2-6-17/h3-4,7,17H,2,5-6,8-9H2,1H3,(H,15,18). The Morgan fingerprint density at radius 2 is 2.30 bits per heavy atom. The molecule has 6 nitrogen and oxygen atoms in total. The summed E-state index contributed by atoms with van der Waals surface area (Å²) in [6.07, 6.45) is 0.517. The number of fused-ring (bicyclic) bond motifs is 1. The van der Waals surface area contributed by atoms with Crippen molar-refractivity contribution >= 4 is 17.6 Å². The lowest BCUT2D eigenvalue weighted by Crippen LogP contribution is -2.43. The summed E-state index contributed by atoms with van der Waals surface area (Å²) < 4.78 is 5.18. The number of carbonyl (C=O) groups is 2. The predicted molar refractivity (Wildman–Crippen MR) is 73.7 cm³/mol. The van der Waals surface area contributed by atoms with E-state index in [1.807, 2.05) is 19.1 Å². The van der Waals surface area contributed by atoms with Gasteiger partial charge in [0.25, 0.3) is 0 Å². The van der Waals surface area contributed by atoms with E-state index < -0.39 is 0 Å². The maximum absolute atomic E-state index is 11.8. The summed E-state index contributed by atoms with van der Waals surface area (Å²) in [5.41, 5.74) is 1.73. The topological polar surface area (TPSA) is 78.9 Å². The molecule has 2 N–H and O–H groups in total. The van der Waals surface area contributed by atoms with Crippen LogP contribution in [0.2, 0.25) is 0 Å². The smallest absolute Gasteiger partial charge is 0.331 e. The molecule has 1 amide bonds. The first-order chi connectivity index (χ1) is 9.60. The van der Waals surface area contributed by atoms with Crippen molar-refractivity contribution in [3.8, 4) is 5.75 Å². The lowest BCUT2D eigenvalue weighted by Gasteiger charge is -2.29. The van der Waals surface area contributed by atoms with Gasteiger partial charge in [-0.2, -0.15) is 0 Å². The number of aliphatic hydroxyl groups excluding tert-OH is 1. The van der Waals surface area contributed by atoms with Gasteiger partial charge in [-0.3, -0.25) is 4.79 Å². The van der Waals surface area contributed by atoms with Crippen molar-refractivity contribution in [2.24, 2.45) is 0 Å². The van der Waals surface area contributed by atoms with E-state index in [4.69, 9.17) is 9.84 Å². The second-order valence-corrected chi connectivity index (χ2v) is 4.73. The van der Waals surface area contributed by atoms with Gasteiger partial charge in [-0.25, -0.2) is 4.79 Å². The third-order valence-electron chi connectivity index (χ3n) is 2.99. The molecule has 6 heteroatoms. The second kappa shape index (κ2) is 6.38. The number of anilines is 1. The highest BCUT2D eigenvalue weighted by Gasteiger charge is 2.25. The Morgan fingerprint density at radius 3 is 3.05 bits per heavy atom. The molecule has 1 aromatic rings. The third kappa shape index (κ3) is 3.48. The summed E-state index contributed by atoms with van der Waals surface area (Å²) in [7, 11) is 0. The zero-order valence-corrected chi connectivity index (χ0v) is 11.4. The molecule has 1 aliphatic rings. The highest BCUT2D eigenvalue weighted by Crippen LogP contribution is 2.32. The monoisotopic (exact) mass is 278 g/mol. The second-order valence-electron chi connectivity index (χ2n) is 4.73. The molecule has 0 saturated heterocycles. The van der Waals surface area contributed by atoms with Crippen LogP contribution in [0.15, 0.2) is 18.2 Å². The SMILES string of the molecule is Cc1ccc2c(c1)OC(=O)CN2CC(=O)NCCCO. The lowest BCUT2D eigenvalue weighted by molar-refractivity contribution is -0.133. The van der Waals surface area contributed by atoms with Gasteiger partial charge in [0, 0.05) is 13.2 Å². The van der Waals surface area contributed by atoms with Gasteiger partial charge < -0.3 is 20.1 Å². The predicted octanol–water partition coefficient (Wildman–Crippen LogP) is 0.219. The highest BCUT2D eigenvalue weighted by molar-refractivity contribution is 5.89. The molecule has 0 unspecified atom stereocenters. The Balaban J connectivity index is 2.05. The summed E-state index contributed by atoms with van der Waals surface area (Å²) in [6.45, 7) is 2.53. The van der Waals surface area contributed by atoms with Gasteiger partial charge >= 0.3 is 5.97 Å². The van der Waals surface area contributed by atoms with Crippen LogP contribution in [0.1, 0.15) is 12.0 Å². The number of nitrogens with zero attached hydrogens (tertiary/aromatic N) is 1. The minimum atomic E-state index is -0.369. The fourth-order valence-corrected chi connectivity index (χ4v) is 2.04. The maximum Gasteiger partial charge on any atom is 0.331 e. The first-order valence-electron chi connectivity index (χ1n) is 6.54. The third-order valence-corrected chi connectivity index (χ3v) is 2.99. The minimum Gasteiger partial charge on any atom is -0.423 e. The Labute approximate surface area is 117 Å². The Hall–Kier alpha value is -2.08. The van der Waals surface area contributed by atoms with Gasteiger partial charge in [-0.15, -0.1) is 0 Å². The summed E-state index contributed by atoms with van der Waals surface area (Å²) in [5.74, 6) is -0.0599. The van der Waals surface area contributed by atoms with Crippen LogP contribution < -0.4 is 15.0 Å². The number of hydrogen-bond donors (Lipinski definition) is 2. The molecule has 0 radical (unpaired) electrons. The largest absolute Gasteiger partial charge is 0.423 e. The molecule has 0 spiro atoms. The molecule has 1 aromatic carbocycles. The van der Waals surface area contributed by atoms with Crippen LogP contribution in [0.5, 0.6) is 5.75 Å². The molecule has 2 rings (SSSR count). The molecule has 0 atom stereocenters. The van der Waals surface area contributed by atoms with Crippen LogP contribution in [-0.4, -0.2) is 43.2 Å². The summed E-state index contributed by atoms with van der Waals surface area (Å²) in [6, 6.07) is 5.54. The molecule has 0 fully saturated rings. The number of aryl methyl sites for hydroxylation is 1. The Kier molecular flexibility index (Phi) is 4.57. The van der Waals surface area contributed by atoms with E-state index in [9.17, 15) is 9.59 Å². The average molecular weight is 278 g/mol. The number of esters is 1. The van der Waals surface area contributed by atoms with Crippen molar-refractivity contribution in [2.75, 3.05) is 31.1 Å². The van der Waals surface area contributed by atoms with Crippen molar-refractivity contribution < 1.29 is 19.4 Å². The van der Waals surface area contributed by atoms with E-state index in [0.29, 0.717) is 18.7 Å². The fourth-order valence-electron chi connectivity index (χ4n) is 2.04. The van der Waals surface area contributed by atoms with Gasteiger partial charge in [0.15, 0.2) is 5.75 Å². The van der Waals surface area contributed by atoms with E-state index in [1.165, 1.54) is 0 Å². The first kappa shape index (κ1) is 14.3. The fraction of sp³-hybridized carbons (Fsp3) is 0.429. The van der Waals surface area contributed by atoms with Crippen molar-refractivity contribution in [3.05, 3.63) is 23.8 Å². The van der Waals surface area contributed by atoms with Crippen molar-refractivity contribution in [1.82, 2.24) is 5.32 Å². The normalized spacial score (nSPS) is 13.7. The molecule has 0 saturated carbocycles. The number of nitrogens with one attached hydrogen (secondary N) is 1. The van der Waals surface area contributed by atoms with E-state index in [0.717, 1.165) is 11.3 Å². The summed E-state index contributed by atoms with van der Waals surface area (Å²) >= 11 is 0. The van der Waals surface area contributed by atoms with Gasteiger partial charge in [-0.05, 0) is 31.0 Å². The molecule has 1 heterocycles. The van der Waals surface area contributed by atoms with Gasteiger partial charge in [0.2, 0.25) is 5.91 Å². The minimum absolute atomic E-state index is 0.0401. The van der Waals surface area contributed by atoms with E-state index in [2.05, 4.69) is 5.32 Å². The van der Waals surface area contributed by atoms with Crippen molar-refractivity contribution in [2.45, 2.75) is 13.3 Å². The van der Waals surface area contributed by atoms with Gasteiger partial charge in [0.05, 0.1) is 12.2 Å². The molecular weight excluding hydrogens is 260 g/mol. The molecule has 108 valence electrons. The number of ether oxygens (including phenoxy) is 1. The van der Waals surface area contributed by atoms with Crippen LogP contribution in [-0.2, 0) is 9.59 Å². The number of amides is 1. The quantitative estimate of drug-likeness (QED) is 0.457. The van der Waals surface area contributed by atoms with E-state index in [1.54, 1.807) is 11.0 Å². The number of carbonyl (C=O) groups excluding carboxylic acids is 2. The van der Waals surface area contributed by atoms with Crippen LogP contribution in [0, 0.1) is 6.92 Å². The Bertz CT molecular complexity index is 516. The zero-order chi connectivity index (χ0) is 14.5. The van der Waals surface area contributed by atoms with Crippen LogP contribution in [0.4, 0.5) is 5.69 Å². The summed E-state index contributed by atoms with van der Waals surface area (Å²) in [5, 5.41) is 11.4. The molecule has 0 bridgehead atoms. The first-order valence-corrected chi connectivity index (χ1v) is 6.54. The van der Waals surface area contributed by atoms with E-state index in [-0.39, 0.29) is 31.6 Å². The molecule has 20 heavy (non-hydrogen) atoms. The number of aliphatic hydroxyl groups is 1. The zero-order valence-electron chi connectivity index (χ0n) is 11.4. The number of hydrogen-bond acceptors (Lipinski definition) is 5. The molecule has 1 aliphatic heterocycles. The Morgan fingerprint density at radius 1 is 1.50 bits per heavy atom. The average Bonchev–Trinajstić information content (AvgIpc) is 2.38. The van der Waals surface area contributed by atoms with E-state index >= 15 is 0 Å². The van der Waals surface area contributed by atoms with Crippen LogP contribution in [0.3, 0.4) is 0 Å². The van der Waals surface area contributed by atoms with Gasteiger partial charge in [0.1, 0.15) is 6.54 Å². The number of rotatable bonds is 5. The number of benzene rings is 1. The van der Waals surface area contributed by atoms with Crippen molar-refractivity contribution in [3.63, 3.8) is 0 Å². The lowest BCUT2D eigenvalue weighted by atomic mass is 10.1. The van der Waals surface area contributed by atoms with Gasteiger partial charge in [-0.1, -0.05) is 6.07 Å². The molecule has 0 aliphatic carbocycles. The maximum atomic E-state index is 11.8. The highest BCUT2D eigenvalue weighted by atomic mass is 16.5. The van der Waals surface area contributed by atoms with Crippen LogP contribution >= 0.6 is 0 Å². The van der Waals surface area contributed by atoms with Crippen LogP contribution in [0.25, 0.3) is 0 Å². The molecule has 0 aromatic heterocycles. The summed E-state index contributed by atoms with van der Waals surface area (Å²) in [4.78, 5) is 25.0. The van der Waals surface area contributed by atoms with Crippen molar-refractivity contribution in [1.29, 1.82) is 0 Å². The molecular formula is C14H18N2O4.